The Kier molecular flexibility index (Phi) is 2.64. The highest BCUT2D eigenvalue weighted by molar-refractivity contribution is 9.10. The van der Waals surface area contributed by atoms with Crippen molar-refractivity contribution in [1.29, 1.82) is 0 Å². The Bertz CT molecular complexity index is 596. The molecule has 1 aliphatic carbocycles. The molecule has 0 saturated carbocycles. The smallest absolute Gasteiger partial charge is 0.0213 e. The van der Waals surface area contributed by atoms with Gasteiger partial charge in [0.05, 0.1) is 0 Å². The van der Waals surface area contributed by atoms with Crippen LogP contribution in [0, 0.1) is 0 Å². The largest absolute Gasteiger partial charge is 0.103 e. The second kappa shape index (κ2) is 4.15. The van der Waals surface area contributed by atoms with E-state index in [0.29, 0.717) is 0 Å². The van der Waals surface area contributed by atoms with Crippen LogP contribution in [0.15, 0.2) is 53.5 Å². The molecule has 0 atom stereocenters. The van der Waals surface area contributed by atoms with Gasteiger partial charge in [0, 0.05) is 4.47 Å². The molecule has 1 aliphatic rings. The predicted octanol–water partition coefficient (Wildman–Crippen LogP) is 4.75. The monoisotopic (exact) mass is 284 g/mol. The first-order valence-corrected chi connectivity index (χ1v) is 6.60. The number of benzene rings is 2. The van der Waals surface area contributed by atoms with Crippen molar-refractivity contribution in [3.05, 3.63) is 70.2 Å². The number of fused-ring (bicyclic) bond motifs is 3. The van der Waals surface area contributed by atoms with Gasteiger partial charge in [-0.2, -0.15) is 0 Å². The lowest BCUT2D eigenvalue weighted by atomic mass is 9.99. The molecule has 0 saturated heterocycles. The first kappa shape index (κ1) is 10.8. The molecule has 0 aromatic heterocycles. The summed E-state index contributed by atoms with van der Waals surface area (Å²) >= 11 is 3.65. The average molecular weight is 285 g/mol. The maximum Gasteiger partial charge on any atom is 0.0213 e. The van der Waals surface area contributed by atoms with Crippen LogP contribution in [0.25, 0.3) is 11.1 Å². The van der Waals surface area contributed by atoms with E-state index in [4.69, 9.17) is 0 Å². The summed E-state index contributed by atoms with van der Waals surface area (Å²) in [6.45, 7) is 3.85. The molecule has 0 unspecified atom stereocenters. The van der Waals surface area contributed by atoms with Gasteiger partial charge >= 0.3 is 0 Å². The zero-order valence-corrected chi connectivity index (χ0v) is 11.1. The minimum atomic E-state index is 0.928. The number of hydrogen-bond donors (Lipinski definition) is 0. The van der Waals surface area contributed by atoms with Gasteiger partial charge < -0.3 is 0 Å². The fourth-order valence-corrected chi connectivity index (χ4v) is 3.14. The molecular formula is C16H13Br. The van der Waals surface area contributed by atoms with Crippen molar-refractivity contribution in [1.82, 2.24) is 0 Å². The zero-order chi connectivity index (χ0) is 11.8. The standard InChI is InChI=1S/C16H13Br/c1-2-5-14-15-10-11-6-3-4-7-12(11)13(15)8-9-16(14)17/h2-4,6-9H,1,5,10H2. The van der Waals surface area contributed by atoms with Crippen LogP contribution in [0.4, 0.5) is 0 Å². The molecule has 0 heterocycles. The minimum absolute atomic E-state index is 0.928. The minimum Gasteiger partial charge on any atom is -0.103 e. The van der Waals surface area contributed by atoms with Crippen molar-refractivity contribution in [3.63, 3.8) is 0 Å². The van der Waals surface area contributed by atoms with Crippen LogP contribution in [-0.2, 0) is 12.8 Å². The first-order valence-electron chi connectivity index (χ1n) is 5.80. The lowest BCUT2D eigenvalue weighted by Crippen LogP contribution is -1.92. The summed E-state index contributed by atoms with van der Waals surface area (Å²) < 4.78 is 1.20. The van der Waals surface area contributed by atoms with Gasteiger partial charge in [0.1, 0.15) is 0 Å². The number of allylic oxidation sites excluding steroid dienone is 1. The molecule has 84 valence electrons. The van der Waals surface area contributed by atoms with Crippen molar-refractivity contribution in [2.24, 2.45) is 0 Å². The molecule has 0 radical (unpaired) electrons. The van der Waals surface area contributed by atoms with Gasteiger partial charge in [0.25, 0.3) is 0 Å². The summed E-state index contributed by atoms with van der Waals surface area (Å²) in [5, 5.41) is 0. The van der Waals surface area contributed by atoms with Gasteiger partial charge in [-0.05, 0) is 46.7 Å². The molecule has 0 aliphatic heterocycles. The van der Waals surface area contributed by atoms with Gasteiger partial charge in [-0.15, -0.1) is 6.58 Å². The second-order valence-electron chi connectivity index (χ2n) is 4.38. The summed E-state index contributed by atoms with van der Waals surface area (Å²) in [7, 11) is 0. The summed E-state index contributed by atoms with van der Waals surface area (Å²) in [5.41, 5.74) is 7.06. The molecule has 3 rings (SSSR count). The van der Waals surface area contributed by atoms with E-state index in [1.807, 2.05) is 6.08 Å². The van der Waals surface area contributed by atoms with E-state index >= 15 is 0 Å². The van der Waals surface area contributed by atoms with Crippen LogP contribution < -0.4 is 0 Å². The molecule has 2 aromatic rings. The van der Waals surface area contributed by atoms with E-state index in [0.717, 1.165) is 12.8 Å². The Morgan fingerprint density at radius 1 is 1.12 bits per heavy atom. The topological polar surface area (TPSA) is 0 Å². The van der Waals surface area contributed by atoms with Gasteiger partial charge in [-0.25, -0.2) is 0 Å². The maximum absolute atomic E-state index is 3.85. The summed E-state index contributed by atoms with van der Waals surface area (Å²) in [6, 6.07) is 13.0. The van der Waals surface area contributed by atoms with Crippen molar-refractivity contribution >= 4 is 15.9 Å². The Hall–Kier alpha value is -1.34. The molecule has 0 nitrogen and oxygen atoms in total. The van der Waals surface area contributed by atoms with Gasteiger partial charge in [0.15, 0.2) is 0 Å². The Morgan fingerprint density at radius 2 is 1.94 bits per heavy atom. The molecule has 0 amide bonds. The van der Waals surface area contributed by atoms with E-state index in [1.54, 1.807) is 0 Å². The van der Waals surface area contributed by atoms with Gasteiger partial charge in [-0.3, -0.25) is 0 Å². The van der Waals surface area contributed by atoms with Crippen LogP contribution in [0.1, 0.15) is 16.7 Å². The summed E-state index contributed by atoms with van der Waals surface area (Å²) in [5.74, 6) is 0. The predicted molar refractivity (Wildman–Crippen MR) is 76.3 cm³/mol. The fraction of sp³-hybridized carbons (Fsp3) is 0.125. The van der Waals surface area contributed by atoms with E-state index in [-0.39, 0.29) is 0 Å². The molecule has 2 aromatic carbocycles. The highest BCUT2D eigenvalue weighted by Crippen LogP contribution is 2.40. The van der Waals surface area contributed by atoms with Crippen LogP contribution in [-0.4, -0.2) is 0 Å². The van der Waals surface area contributed by atoms with E-state index < -0.39 is 0 Å². The van der Waals surface area contributed by atoms with Crippen molar-refractivity contribution in [2.45, 2.75) is 12.8 Å². The van der Waals surface area contributed by atoms with Crippen LogP contribution in [0.2, 0.25) is 0 Å². The number of rotatable bonds is 2. The Balaban J connectivity index is 2.23. The molecule has 0 fully saturated rings. The Labute approximate surface area is 110 Å². The zero-order valence-electron chi connectivity index (χ0n) is 9.54. The second-order valence-corrected chi connectivity index (χ2v) is 5.23. The molecule has 0 bridgehead atoms. The number of hydrogen-bond acceptors (Lipinski definition) is 0. The maximum atomic E-state index is 3.85. The highest BCUT2D eigenvalue weighted by atomic mass is 79.9. The first-order chi connectivity index (χ1) is 8.31. The van der Waals surface area contributed by atoms with E-state index in [2.05, 4.69) is 58.9 Å². The molecule has 0 N–H and O–H groups in total. The van der Waals surface area contributed by atoms with Crippen LogP contribution >= 0.6 is 15.9 Å². The quantitative estimate of drug-likeness (QED) is 0.596. The molecule has 17 heavy (non-hydrogen) atoms. The number of halogens is 1. The third-order valence-corrected chi connectivity index (χ3v) is 4.14. The normalized spacial score (nSPS) is 12.1. The average Bonchev–Trinajstić information content (AvgIpc) is 2.72. The van der Waals surface area contributed by atoms with Crippen LogP contribution in [0.5, 0.6) is 0 Å². The van der Waals surface area contributed by atoms with Gasteiger partial charge in [-0.1, -0.05) is 52.3 Å². The van der Waals surface area contributed by atoms with Crippen molar-refractivity contribution in [3.8, 4) is 11.1 Å². The Morgan fingerprint density at radius 3 is 2.76 bits per heavy atom. The molecular weight excluding hydrogens is 272 g/mol. The van der Waals surface area contributed by atoms with Crippen LogP contribution in [0.3, 0.4) is 0 Å². The van der Waals surface area contributed by atoms with Gasteiger partial charge in [0.2, 0.25) is 0 Å². The molecule has 0 spiro atoms. The van der Waals surface area contributed by atoms with Crippen molar-refractivity contribution in [2.75, 3.05) is 0 Å². The SMILES string of the molecule is C=CCc1c(Br)ccc2c1Cc1ccccc1-2. The highest BCUT2D eigenvalue weighted by Gasteiger charge is 2.21. The van der Waals surface area contributed by atoms with E-state index in [9.17, 15) is 0 Å². The lowest BCUT2D eigenvalue weighted by molar-refractivity contribution is 1.15. The third-order valence-electron chi connectivity index (χ3n) is 3.40. The summed E-state index contributed by atoms with van der Waals surface area (Å²) in [4.78, 5) is 0. The van der Waals surface area contributed by atoms with Crippen molar-refractivity contribution < 1.29 is 0 Å². The van der Waals surface area contributed by atoms with E-state index in [1.165, 1.54) is 32.3 Å². The summed E-state index contributed by atoms with van der Waals surface area (Å²) in [6.07, 6.45) is 3.95. The lowest BCUT2D eigenvalue weighted by Gasteiger charge is -2.09. The fourth-order valence-electron chi connectivity index (χ4n) is 2.61. The molecule has 1 heteroatoms. The third kappa shape index (κ3) is 1.66.